The first-order chi connectivity index (χ1) is 11.5. The zero-order valence-electron chi connectivity index (χ0n) is 13.3. The number of methoxy groups -OCH3 is 1. The summed E-state index contributed by atoms with van der Waals surface area (Å²) < 4.78 is 6.04. The van der Waals surface area contributed by atoms with Crippen molar-refractivity contribution in [3.8, 4) is 11.5 Å². The van der Waals surface area contributed by atoms with E-state index in [0.717, 1.165) is 10.2 Å². The molecule has 0 aliphatic carbocycles. The van der Waals surface area contributed by atoms with E-state index >= 15 is 0 Å². The number of hydrazone groups is 1. The topological polar surface area (TPSA) is 83.0 Å². The normalized spacial score (nSPS) is 12.0. The molecular weight excluding hydrogens is 374 g/mol. The Morgan fingerprint density at radius 2 is 2.00 bits per heavy atom. The summed E-state index contributed by atoms with van der Waals surface area (Å²) in [6.07, 6.45) is 1.36. The molecule has 1 atom stereocenters. The number of anilines is 1. The molecule has 1 unspecified atom stereocenters. The number of carbonyl (C=O) groups is 1. The van der Waals surface area contributed by atoms with Gasteiger partial charge in [0.05, 0.1) is 13.3 Å². The number of aromatic hydroxyl groups is 1. The third kappa shape index (κ3) is 4.99. The predicted molar refractivity (Wildman–Crippen MR) is 97.6 cm³/mol. The molecular formula is C17H18BrN3O3. The van der Waals surface area contributed by atoms with Gasteiger partial charge < -0.3 is 15.2 Å². The molecule has 0 aliphatic heterocycles. The van der Waals surface area contributed by atoms with Gasteiger partial charge in [-0.1, -0.05) is 15.9 Å². The number of phenols is 1. The number of benzene rings is 2. The molecule has 2 aromatic rings. The minimum atomic E-state index is -0.470. The van der Waals surface area contributed by atoms with Crippen LogP contribution in [0.3, 0.4) is 0 Å². The van der Waals surface area contributed by atoms with Gasteiger partial charge >= 0.3 is 0 Å². The Morgan fingerprint density at radius 3 is 2.67 bits per heavy atom. The van der Waals surface area contributed by atoms with Crippen LogP contribution in [0.1, 0.15) is 12.5 Å². The summed E-state index contributed by atoms with van der Waals surface area (Å²) in [5.41, 5.74) is 3.71. The van der Waals surface area contributed by atoms with Crippen LogP contribution in [0.2, 0.25) is 0 Å². The maximum absolute atomic E-state index is 12.0. The van der Waals surface area contributed by atoms with Crippen LogP contribution in [0.4, 0.5) is 5.69 Å². The summed E-state index contributed by atoms with van der Waals surface area (Å²) in [5, 5.41) is 16.7. The number of amides is 1. The Bertz CT molecular complexity index is 732. The van der Waals surface area contributed by atoms with E-state index in [1.807, 2.05) is 24.3 Å². The summed E-state index contributed by atoms with van der Waals surface area (Å²) in [5.74, 6) is 0.345. The van der Waals surface area contributed by atoms with Crippen LogP contribution >= 0.6 is 15.9 Å². The van der Waals surface area contributed by atoms with Gasteiger partial charge in [-0.15, -0.1) is 0 Å². The van der Waals surface area contributed by atoms with Crippen LogP contribution in [0.15, 0.2) is 52.0 Å². The van der Waals surface area contributed by atoms with E-state index in [1.165, 1.54) is 19.4 Å². The fourth-order valence-electron chi connectivity index (χ4n) is 1.89. The molecule has 6 nitrogen and oxygen atoms in total. The molecule has 126 valence electrons. The van der Waals surface area contributed by atoms with Crippen LogP contribution < -0.4 is 15.5 Å². The summed E-state index contributed by atoms with van der Waals surface area (Å²) in [6, 6.07) is 11.8. The van der Waals surface area contributed by atoms with Gasteiger partial charge in [0, 0.05) is 15.7 Å². The lowest BCUT2D eigenvalue weighted by molar-refractivity contribution is -0.121. The van der Waals surface area contributed by atoms with Gasteiger partial charge in [0.15, 0.2) is 0 Å². The molecule has 0 aliphatic rings. The zero-order chi connectivity index (χ0) is 17.5. The number of nitrogens with zero attached hydrogens (tertiary/aromatic N) is 1. The van der Waals surface area contributed by atoms with E-state index in [4.69, 9.17) is 4.74 Å². The van der Waals surface area contributed by atoms with Crippen molar-refractivity contribution < 1.29 is 14.6 Å². The highest BCUT2D eigenvalue weighted by molar-refractivity contribution is 9.10. The van der Waals surface area contributed by atoms with E-state index in [9.17, 15) is 9.90 Å². The fourth-order valence-corrected chi connectivity index (χ4v) is 2.15. The van der Waals surface area contributed by atoms with Gasteiger partial charge in [0.25, 0.3) is 5.91 Å². The Morgan fingerprint density at radius 1 is 1.29 bits per heavy atom. The van der Waals surface area contributed by atoms with E-state index < -0.39 is 6.04 Å². The summed E-state index contributed by atoms with van der Waals surface area (Å²) in [7, 11) is 1.53. The van der Waals surface area contributed by atoms with Crippen LogP contribution in [0.5, 0.6) is 11.5 Å². The Hall–Kier alpha value is -2.54. The van der Waals surface area contributed by atoms with Crippen molar-refractivity contribution in [2.24, 2.45) is 5.10 Å². The smallest absolute Gasteiger partial charge is 0.262 e. The summed E-state index contributed by atoms with van der Waals surface area (Å²) in [4.78, 5) is 12.0. The van der Waals surface area contributed by atoms with Crippen molar-refractivity contribution in [1.82, 2.24) is 5.43 Å². The fraction of sp³-hybridized carbons (Fsp3) is 0.176. The highest BCUT2D eigenvalue weighted by Gasteiger charge is 2.11. The molecule has 3 N–H and O–H groups in total. The van der Waals surface area contributed by atoms with E-state index in [-0.39, 0.29) is 11.7 Å². The van der Waals surface area contributed by atoms with Crippen LogP contribution in [0, 0.1) is 0 Å². The highest BCUT2D eigenvalue weighted by Crippen LogP contribution is 2.21. The number of carbonyl (C=O) groups excluding carboxylic acids is 1. The Balaban J connectivity index is 1.93. The Kier molecular flexibility index (Phi) is 6.20. The first-order valence-electron chi connectivity index (χ1n) is 7.21. The monoisotopic (exact) mass is 391 g/mol. The van der Waals surface area contributed by atoms with Gasteiger partial charge in [0.2, 0.25) is 0 Å². The lowest BCUT2D eigenvalue weighted by Crippen LogP contribution is -2.34. The van der Waals surface area contributed by atoms with Gasteiger partial charge in [-0.2, -0.15) is 5.10 Å². The summed E-state index contributed by atoms with van der Waals surface area (Å²) in [6.45, 7) is 1.73. The van der Waals surface area contributed by atoms with Gasteiger partial charge in [0.1, 0.15) is 17.5 Å². The average Bonchev–Trinajstić information content (AvgIpc) is 2.58. The molecule has 1 amide bonds. The number of ether oxygens (including phenoxy) is 1. The second kappa shape index (κ2) is 8.35. The standard InChI is InChI=1S/C17H18BrN3O3/c1-11(20-14-5-3-13(18)4-6-14)17(23)21-19-10-12-9-15(24-2)7-8-16(12)22/h3-11,20,22H,1-2H3,(H,21,23)/b19-10+. The van der Waals surface area contributed by atoms with Crippen molar-refractivity contribution >= 4 is 33.7 Å². The molecule has 0 spiro atoms. The number of hydrogen-bond donors (Lipinski definition) is 3. The summed E-state index contributed by atoms with van der Waals surface area (Å²) >= 11 is 3.36. The second-order valence-electron chi connectivity index (χ2n) is 5.03. The van der Waals surface area contributed by atoms with Gasteiger partial charge in [-0.05, 0) is 49.4 Å². The van der Waals surface area contributed by atoms with Gasteiger partial charge in [-0.3, -0.25) is 4.79 Å². The molecule has 2 rings (SSSR count). The molecule has 24 heavy (non-hydrogen) atoms. The van der Waals surface area contributed by atoms with Crippen molar-refractivity contribution in [1.29, 1.82) is 0 Å². The third-order valence-electron chi connectivity index (χ3n) is 3.23. The third-order valence-corrected chi connectivity index (χ3v) is 3.76. The molecule has 7 heteroatoms. The Labute approximate surface area is 148 Å². The number of hydrogen-bond acceptors (Lipinski definition) is 5. The minimum absolute atomic E-state index is 0.0508. The number of phenolic OH excluding ortho intramolecular Hbond substituents is 1. The molecule has 0 heterocycles. The SMILES string of the molecule is COc1ccc(O)c(/C=N/NC(=O)C(C)Nc2ccc(Br)cc2)c1. The number of halogens is 1. The minimum Gasteiger partial charge on any atom is -0.507 e. The zero-order valence-corrected chi connectivity index (χ0v) is 14.9. The quantitative estimate of drug-likeness (QED) is 0.521. The largest absolute Gasteiger partial charge is 0.507 e. The van der Waals surface area contributed by atoms with E-state index in [0.29, 0.717) is 11.3 Å². The van der Waals surface area contributed by atoms with Crippen molar-refractivity contribution in [2.45, 2.75) is 13.0 Å². The average molecular weight is 392 g/mol. The van der Waals surface area contributed by atoms with Crippen molar-refractivity contribution in [3.63, 3.8) is 0 Å². The number of nitrogens with one attached hydrogen (secondary N) is 2. The van der Waals surface area contributed by atoms with Gasteiger partial charge in [-0.25, -0.2) is 5.43 Å². The maximum atomic E-state index is 12.0. The van der Waals surface area contributed by atoms with E-state index in [2.05, 4.69) is 31.8 Å². The first kappa shape index (κ1) is 17.8. The highest BCUT2D eigenvalue weighted by atomic mass is 79.9. The van der Waals surface area contributed by atoms with Crippen LogP contribution in [-0.4, -0.2) is 30.4 Å². The van der Waals surface area contributed by atoms with Crippen molar-refractivity contribution in [2.75, 3.05) is 12.4 Å². The first-order valence-corrected chi connectivity index (χ1v) is 8.01. The molecule has 2 aromatic carbocycles. The lowest BCUT2D eigenvalue weighted by Gasteiger charge is -2.13. The molecule has 0 saturated carbocycles. The molecule has 0 bridgehead atoms. The molecule has 0 radical (unpaired) electrons. The number of rotatable bonds is 6. The van der Waals surface area contributed by atoms with Crippen LogP contribution in [-0.2, 0) is 4.79 Å². The molecule has 0 saturated heterocycles. The maximum Gasteiger partial charge on any atom is 0.262 e. The second-order valence-corrected chi connectivity index (χ2v) is 5.95. The van der Waals surface area contributed by atoms with Crippen molar-refractivity contribution in [3.05, 3.63) is 52.5 Å². The molecule has 0 aromatic heterocycles. The van der Waals surface area contributed by atoms with E-state index in [1.54, 1.807) is 19.1 Å². The van der Waals surface area contributed by atoms with Crippen LogP contribution in [0.25, 0.3) is 0 Å². The lowest BCUT2D eigenvalue weighted by atomic mass is 10.2. The molecule has 0 fully saturated rings. The predicted octanol–water partition coefficient (Wildman–Crippen LogP) is 3.11.